The Bertz CT molecular complexity index is 717. The van der Waals surface area contributed by atoms with E-state index in [0.717, 1.165) is 6.42 Å². The molecule has 6 aliphatic rings. The summed E-state index contributed by atoms with van der Waals surface area (Å²) in [5.74, 6) is -3.80. The van der Waals surface area contributed by atoms with Gasteiger partial charge in [0.2, 0.25) is 5.79 Å². The van der Waals surface area contributed by atoms with E-state index in [-0.39, 0.29) is 12.0 Å². The van der Waals surface area contributed by atoms with E-state index < -0.39 is 58.5 Å². The molecule has 4 bridgehead atoms. The molecule has 0 amide bonds. The van der Waals surface area contributed by atoms with Crippen molar-refractivity contribution in [2.24, 2.45) is 34.0 Å². The predicted octanol–water partition coefficient (Wildman–Crippen LogP) is 0.376. The average Bonchev–Trinajstić information content (AvgIpc) is 2.69. The summed E-state index contributed by atoms with van der Waals surface area (Å²) in [7, 11) is 0. The second kappa shape index (κ2) is 4.61. The molecule has 0 radical (unpaired) electrons. The highest BCUT2D eigenvalue weighted by atomic mass is 16.6. The van der Waals surface area contributed by atoms with Crippen LogP contribution in [0.3, 0.4) is 0 Å². The van der Waals surface area contributed by atoms with Crippen LogP contribution in [0.15, 0.2) is 12.2 Å². The van der Waals surface area contributed by atoms with Gasteiger partial charge in [-0.05, 0) is 42.6 Å². The highest BCUT2D eigenvalue weighted by molar-refractivity contribution is 6.05. The van der Waals surface area contributed by atoms with Crippen LogP contribution in [0.2, 0.25) is 0 Å². The minimum absolute atomic E-state index is 0.0966. The summed E-state index contributed by atoms with van der Waals surface area (Å²) in [6.07, 6.45) is -0.747. The number of carbonyl (C=O) groups excluding carboxylic acids is 1. The van der Waals surface area contributed by atoms with E-state index in [1.807, 2.05) is 13.8 Å². The number of ether oxygens (including phenoxy) is 1. The number of aliphatic hydroxyl groups is 4. The molecule has 4 saturated carbocycles. The molecule has 4 aliphatic carbocycles. The van der Waals surface area contributed by atoms with Crippen LogP contribution in [0.1, 0.15) is 39.5 Å². The molecule has 0 unspecified atom stereocenters. The second-order valence-electron chi connectivity index (χ2n) is 9.97. The standard InChI is InChI=1S/C20H28O6/c1-9-10-4-5-11-18-8-26-20(25,19(11,14(9)22)15(10)23)16(24)13(18)17(2,3)7-6-12(18)21/h10-13,15-16,21,23-25H,1,4-8H2,2-3H3/t10-,11+,12+,13-,15-,16+,18-,19+,20-/m1/s1. The normalized spacial score (nSPS) is 59.9. The monoisotopic (exact) mass is 364 g/mol. The number of rotatable bonds is 0. The number of aliphatic hydroxyl groups excluding tert-OH is 3. The molecule has 9 atom stereocenters. The van der Waals surface area contributed by atoms with Crippen LogP contribution < -0.4 is 0 Å². The van der Waals surface area contributed by atoms with Crippen molar-refractivity contribution >= 4 is 5.78 Å². The minimum Gasteiger partial charge on any atom is -0.392 e. The number of ketones is 1. The Kier molecular flexibility index (Phi) is 3.07. The van der Waals surface area contributed by atoms with E-state index in [1.54, 1.807) is 0 Å². The molecule has 2 heterocycles. The number of fused-ring (bicyclic) bond motifs is 2. The van der Waals surface area contributed by atoms with Crippen LogP contribution in [-0.4, -0.2) is 56.9 Å². The lowest BCUT2D eigenvalue weighted by atomic mass is 9.35. The molecule has 2 aliphatic heterocycles. The number of hydrogen-bond donors (Lipinski definition) is 4. The van der Waals surface area contributed by atoms with Crippen molar-refractivity contribution in [1.82, 2.24) is 0 Å². The summed E-state index contributed by atoms with van der Waals surface area (Å²) in [6, 6.07) is 0. The molecular weight excluding hydrogens is 336 g/mol. The van der Waals surface area contributed by atoms with Gasteiger partial charge in [0.15, 0.2) is 5.78 Å². The van der Waals surface area contributed by atoms with Crippen molar-refractivity contribution in [1.29, 1.82) is 0 Å². The fourth-order valence-electron chi connectivity index (χ4n) is 7.90. The van der Waals surface area contributed by atoms with Gasteiger partial charge in [-0.2, -0.15) is 0 Å². The molecule has 26 heavy (non-hydrogen) atoms. The van der Waals surface area contributed by atoms with E-state index in [4.69, 9.17) is 4.74 Å². The Morgan fingerprint density at radius 1 is 1.12 bits per heavy atom. The average molecular weight is 364 g/mol. The SMILES string of the molecule is C=C1C(=O)[C@]23[C@H](O)[C@@H]1CC[C@H]2[C@@]12CO[C@]3(O)[C@@H](O)[C@@H]1C(C)(C)CC[C@@H]2O. The number of Topliss-reactive ketones (excluding diaryl/α,β-unsaturated/α-hetero) is 1. The maximum Gasteiger partial charge on any atom is 0.208 e. The van der Waals surface area contributed by atoms with Crippen molar-refractivity contribution in [3.63, 3.8) is 0 Å². The van der Waals surface area contributed by atoms with Crippen LogP contribution in [0, 0.1) is 34.0 Å². The predicted molar refractivity (Wildman–Crippen MR) is 90.7 cm³/mol. The van der Waals surface area contributed by atoms with E-state index in [9.17, 15) is 25.2 Å². The fourth-order valence-corrected chi connectivity index (χ4v) is 7.90. The van der Waals surface area contributed by atoms with Gasteiger partial charge in [0.05, 0.1) is 18.8 Å². The van der Waals surface area contributed by atoms with Crippen molar-refractivity contribution in [2.45, 2.75) is 63.6 Å². The highest BCUT2D eigenvalue weighted by Gasteiger charge is 2.86. The number of carbonyl (C=O) groups is 1. The summed E-state index contributed by atoms with van der Waals surface area (Å²) >= 11 is 0. The lowest BCUT2D eigenvalue weighted by Crippen LogP contribution is -2.85. The molecule has 6 rings (SSSR count). The van der Waals surface area contributed by atoms with Crippen molar-refractivity contribution in [2.75, 3.05) is 6.61 Å². The van der Waals surface area contributed by atoms with Crippen LogP contribution in [0.5, 0.6) is 0 Å². The Morgan fingerprint density at radius 2 is 1.81 bits per heavy atom. The molecule has 6 nitrogen and oxygen atoms in total. The third kappa shape index (κ3) is 1.41. The zero-order valence-corrected chi connectivity index (χ0v) is 15.3. The van der Waals surface area contributed by atoms with Crippen molar-refractivity contribution in [3.8, 4) is 0 Å². The maximum atomic E-state index is 13.3. The zero-order valence-electron chi connectivity index (χ0n) is 15.3. The third-order valence-electron chi connectivity index (χ3n) is 8.88. The number of hydrogen-bond acceptors (Lipinski definition) is 6. The zero-order chi connectivity index (χ0) is 18.9. The quantitative estimate of drug-likeness (QED) is 0.463. The Labute approximate surface area is 152 Å². The van der Waals surface area contributed by atoms with Crippen molar-refractivity contribution < 1.29 is 30.0 Å². The minimum atomic E-state index is -2.15. The largest absolute Gasteiger partial charge is 0.392 e. The van der Waals surface area contributed by atoms with Gasteiger partial charge < -0.3 is 25.2 Å². The summed E-state index contributed by atoms with van der Waals surface area (Å²) in [4.78, 5) is 13.3. The first-order chi connectivity index (χ1) is 12.1. The molecule has 4 N–H and O–H groups in total. The van der Waals surface area contributed by atoms with Gasteiger partial charge in [-0.15, -0.1) is 0 Å². The Balaban J connectivity index is 1.81. The van der Waals surface area contributed by atoms with Crippen LogP contribution in [0.4, 0.5) is 0 Å². The summed E-state index contributed by atoms with van der Waals surface area (Å²) in [6.45, 7) is 8.07. The van der Waals surface area contributed by atoms with Gasteiger partial charge in [0, 0.05) is 17.3 Å². The summed E-state index contributed by atoms with van der Waals surface area (Å²) in [5.41, 5.74) is -2.49. The van der Waals surface area contributed by atoms with Gasteiger partial charge in [0.1, 0.15) is 11.5 Å². The lowest BCUT2D eigenvalue weighted by molar-refractivity contribution is -0.458. The molecule has 0 aromatic rings. The molecule has 0 aromatic carbocycles. The van der Waals surface area contributed by atoms with Gasteiger partial charge in [-0.25, -0.2) is 0 Å². The van der Waals surface area contributed by atoms with Gasteiger partial charge in [-0.3, -0.25) is 4.79 Å². The van der Waals surface area contributed by atoms with Crippen LogP contribution >= 0.6 is 0 Å². The van der Waals surface area contributed by atoms with Crippen LogP contribution in [-0.2, 0) is 9.53 Å². The third-order valence-corrected chi connectivity index (χ3v) is 8.88. The summed E-state index contributed by atoms with van der Waals surface area (Å²) in [5, 5.41) is 45.1. The molecule has 0 aromatic heterocycles. The molecule has 6 fully saturated rings. The fraction of sp³-hybridized carbons (Fsp3) is 0.850. The second-order valence-corrected chi connectivity index (χ2v) is 9.97. The Hall–Kier alpha value is -0.790. The maximum absolute atomic E-state index is 13.3. The first-order valence-electron chi connectivity index (χ1n) is 9.71. The molecule has 144 valence electrons. The smallest absolute Gasteiger partial charge is 0.208 e. The van der Waals surface area contributed by atoms with E-state index in [1.165, 1.54) is 0 Å². The van der Waals surface area contributed by atoms with E-state index >= 15 is 0 Å². The highest BCUT2D eigenvalue weighted by Crippen LogP contribution is 2.76. The molecular formula is C20H28O6. The first-order valence-corrected chi connectivity index (χ1v) is 9.71. The molecule has 2 spiro atoms. The Morgan fingerprint density at radius 3 is 2.50 bits per heavy atom. The van der Waals surface area contributed by atoms with Gasteiger partial charge >= 0.3 is 0 Å². The first kappa shape index (κ1) is 17.3. The van der Waals surface area contributed by atoms with Gasteiger partial charge in [0.25, 0.3) is 0 Å². The lowest BCUT2D eigenvalue weighted by Gasteiger charge is -2.74. The topological polar surface area (TPSA) is 107 Å². The van der Waals surface area contributed by atoms with E-state index in [2.05, 4.69) is 6.58 Å². The van der Waals surface area contributed by atoms with Gasteiger partial charge in [-0.1, -0.05) is 20.4 Å². The van der Waals surface area contributed by atoms with E-state index in [0.29, 0.717) is 24.8 Å². The molecule has 2 saturated heterocycles. The van der Waals surface area contributed by atoms with Crippen molar-refractivity contribution in [3.05, 3.63) is 12.2 Å². The summed E-state index contributed by atoms with van der Waals surface area (Å²) < 4.78 is 5.80. The van der Waals surface area contributed by atoms with Crippen LogP contribution in [0.25, 0.3) is 0 Å². The molecule has 6 heteroatoms.